The van der Waals surface area contributed by atoms with Crippen molar-refractivity contribution in [1.82, 2.24) is 15.6 Å². The molecule has 126 valence electrons. The van der Waals surface area contributed by atoms with Crippen molar-refractivity contribution in [3.63, 3.8) is 0 Å². The summed E-state index contributed by atoms with van der Waals surface area (Å²) >= 11 is 0. The number of hydrazone groups is 1. The smallest absolute Gasteiger partial charge is 0.337 e. The standard InChI is InChI=1S/C17H14N4O4/c1-24-17(23)12-6-4-11(5-7-12)10-18-21-16(22)14-9-13(19-20-14)15-3-2-8-25-15/h2-10H,1H3,(H,19,20)(H,21,22). The van der Waals surface area contributed by atoms with Gasteiger partial charge in [0.15, 0.2) is 11.5 Å². The van der Waals surface area contributed by atoms with Crippen LogP contribution in [0, 0.1) is 0 Å². The van der Waals surface area contributed by atoms with Gasteiger partial charge >= 0.3 is 5.97 Å². The Morgan fingerprint density at radius 2 is 2.08 bits per heavy atom. The Kier molecular flexibility index (Phi) is 4.70. The maximum absolute atomic E-state index is 12.0. The zero-order valence-electron chi connectivity index (χ0n) is 13.2. The number of carbonyl (C=O) groups excluding carboxylic acids is 2. The van der Waals surface area contributed by atoms with E-state index in [9.17, 15) is 9.59 Å². The summed E-state index contributed by atoms with van der Waals surface area (Å²) in [4.78, 5) is 23.3. The van der Waals surface area contributed by atoms with Gasteiger partial charge in [0.05, 0.1) is 25.2 Å². The van der Waals surface area contributed by atoms with E-state index in [4.69, 9.17) is 4.42 Å². The Labute approximate surface area is 142 Å². The number of benzene rings is 1. The molecule has 0 saturated carbocycles. The number of esters is 1. The van der Waals surface area contributed by atoms with Crippen LogP contribution >= 0.6 is 0 Å². The van der Waals surface area contributed by atoms with Crippen LogP contribution in [0.15, 0.2) is 58.2 Å². The molecule has 3 rings (SSSR count). The van der Waals surface area contributed by atoms with E-state index >= 15 is 0 Å². The Balaban J connectivity index is 1.60. The van der Waals surface area contributed by atoms with Crippen LogP contribution < -0.4 is 5.43 Å². The molecule has 0 aliphatic heterocycles. The lowest BCUT2D eigenvalue weighted by atomic mass is 10.1. The fraction of sp³-hybridized carbons (Fsp3) is 0.0588. The lowest BCUT2D eigenvalue weighted by molar-refractivity contribution is 0.0600. The molecule has 1 aromatic carbocycles. The summed E-state index contributed by atoms with van der Waals surface area (Å²) in [5.41, 5.74) is 4.31. The molecule has 8 heteroatoms. The van der Waals surface area contributed by atoms with Gasteiger partial charge in [-0.1, -0.05) is 12.1 Å². The third-order valence-corrected chi connectivity index (χ3v) is 3.31. The molecule has 0 saturated heterocycles. The second-order valence-corrected chi connectivity index (χ2v) is 4.96. The quantitative estimate of drug-likeness (QED) is 0.421. The molecule has 3 aromatic rings. The van der Waals surface area contributed by atoms with Crippen molar-refractivity contribution >= 4 is 18.1 Å². The van der Waals surface area contributed by atoms with E-state index in [2.05, 4.69) is 25.5 Å². The highest BCUT2D eigenvalue weighted by Crippen LogP contribution is 2.17. The maximum Gasteiger partial charge on any atom is 0.337 e. The van der Waals surface area contributed by atoms with E-state index in [1.54, 1.807) is 42.5 Å². The number of ether oxygens (including phenoxy) is 1. The third-order valence-electron chi connectivity index (χ3n) is 3.31. The number of nitrogens with zero attached hydrogens (tertiary/aromatic N) is 2. The summed E-state index contributed by atoms with van der Waals surface area (Å²) in [5, 5.41) is 10.5. The van der Waals surface area contributed by atoms with Gasteiger partial charge in [0.1, 0.15) is 5.69 Å². The van der Waals surface area contributed by atoms with E-state index in [1.807, 2.05) is 0 Å². The molecule has 0 fully saturated rings. The third kappa shape index (κ3) is 3.81. The van der Waals surface area contributed by atoms with Crippen LogP contribution in [-0.2, 0) is 4.74 Å². The second kappa shape index (κ2) is 7.26. The van der Waals surface area contributed by atoms with E-state index in [1.165, 1.54) is 19.6 Å². The van der Waals surface area contributed by atoms with Gasteiger partial charge in [0.25, 0.3) is 5.91 Å². The summed E-state index contributed by atoms with van der Waals surface area (Å²) in [5.74, 6) is -0.292. The van der Waals surface area contributed by atoms with Gasteiger partial charge in [-0.05, 0) is 29.8 Å². The predicted octanol–water partition coefficient (Wildman–Crippen LogP) is 2.22. The molecule has 0 bridgehead atoms. The zero-order chi connectivity index (χ0) is 17.6. The van der Waals surface area contributed by atoms with Crippen molar-refractivity contribution in [2.45, 2.75) is 0 Å². The van der Waals surface area contributed by atoms with Crippen molar-refractivity contribution in [2.75, 3.05) is 7.11 Å². The van der Waals surface area contributed by atoms with Crippen molar-refractivity contribution in [3.8, 4) is 11.5 Å². The molecular weight excluding hydrogens is 324 g/mol. The fourth-order valence-electron chi connectivity index (χ4n) is 2.04. The average Bonchev–Trinajstić information content (AvgIpc) is 3.32. The number of hydrogen-bond acceptors (Lipinski definition) is 6. The van der Waals surface area contributed by atoms with Crippen LogP contribution in [0.1, 0.15) is 26.4 Å². The molecular formula is C17H14N4O4. The van der Waals surface area contributed by atoms with E-state index in [0.717, 1.165) is 0 Å². The lowest BCUT2D eigenvalue weighted by Crippen LogP contribution is -2.18. The van der Waals surface area contributed by atoms with Gasteiger partial charge in [0.2, 0.25) is 0 Å². The topological polar surface area (TPSA) is 110 Å². The number of nitrogens with one attached hydrogen (secondary N) is 2. The molecule has 2 aromatic heterocycles. The van der Waals surface area contributed by atoms with Crippen LogP contribution in [0.3, 0.4) is 0 Å². The van der Waals surface area contributed by atoms with E-state index in [-0.39, 0.29) is 5.69 Å². The van der Waals surface area contributed by atoms with Crippen LogP contribution in [-0.4, -0.2) is 35.4 Å². The van der Waals surface area contributed by atoms with Crippen LogP contribution in [0.4, 0.5) is 0 Å². The predicted molar refractivity (Wildman–Crippen MR) is 89.1 cm³/mol. The highest BCUT2D eigenvalue weighted by molar-refractivity contribution is 5.94. The Morgan fingerprint density at radius 3 is 2.76 bits per heavy atom. The zero-order valence-corrected chi connectivity index (χ0v) is 13.2. The van der Waals surface area contributed by atoms with Crippen molar-refractivity contribution in [1.29, 1.82) is 0 Å². The average molecular weight is 338 g/mol. The number of hydrogen-bond donors (Lipinski definition) is 2. The normalized spacial score (nSPS) is 10.8. The first-order valence-corrected chi connectivity index (χ1v) is 7.28. The number of furan rings is 1. The number of aromatic nitrogens is 2. The summed E-state index contributed by atoms with van der Waals surface area (Å²) in [6.45, 7) is 0. The lowest BCUT2D eigenvalue weighted by Gasteiger charge is -1.99. The van der Waals surface area contributed by atoms with E-state index in [0.29, 0.717) is 22.6 Å². The van der Waals surface area contributed by atoms with Gasteiger partial charge in [-0.15, -0.1) is 0 Å². The summed E-state index contributed by atoms with van der Waals surface area (Å²) in [6.07, 6.45) is 2.99. The molecule has 2 N–H and O–H groups in total. The Morgan fingerprint density at radius 1 is 1.28 bits per heavy atom. The molecule has 0 atom stereocenters. The summed E-state index contributed by atoms with van der Waals surface area (Å²) < 4.78 is 9.84. The summed E-state index contributed by atoms with van der Waals surface area (Å²) in [7, 11) is 1.32. The minimum Gasteiger partial charge on any atom is -0.465 e. The molecule has 0 radical (unpaired) electrons. The SMILES string of the molecule is COC(=O)c1ccc(C=NNC(=O)c2cc(-c3ccco3)[nH]n2)cc1. The summed E-state index contributed by atoms with van der Waals surface area (Å²) in [6, 6.07) is 11.7. The Hall–Kier alpha value is -3.68. The molecule has 0 unspecified atom stereocenters. The van der Waals surface area contributed by atoms with Crippen LogP contribution in [0.2, 0.25) is 0 Å². The highest BCUT2D eigenvalue weighted by Gasteiger charge is 2.12. The fourth-order valence-corrected chi connectivity index (χ4v) is 2.04. The van der Waals surface area contributed by atoms with Gasteiger partial charge in [0, 0.05) is 6.07 Å². The number of carbonyl (C=O) groups is 2. The monoisotopic (exact) mass is 338 g/mol. The number of aromatic amines is 1. The largest absolute Gasteiger partial charge is 0.465 e. The first-order valence-electron chi connectivity index (χ1n) is 7.28. The molecule has 1 amide bonds. The van der Waals surface area contributed by atoms with Crippen molar-refractivity contribution in [2.24, 2.45) is 5.10 Å². The van der Waals surface area contributed by atoms with Gasteiger partial charge in [-0.25, -0.2) is 10.2 Å². The highest BCUT2D eigenvalue weighted by atomic mass is 16.5. The van der Waals surface area contributed by atoms with Crippen molar-refractivity contribution < 1.29 is 18.7 Å². The number of methoxy groups -OCH3 is 1. The first kappa shape index (κ1) is 16.2. The van der Waals surface area contributed by atoms with Crippen molar-refractivity contribution in [3.05, 3.63) is 65.5 Å². The van der Waals surface area contributed by atoms with Gasteiger partial charge in [-0.3, -0.25) is 9.89 Å². The van der Waals surface area contributed by atoms with Gasteiger partial charge < -0.3 is 9.15 Å². The molecule has 0 aliphatic carbocycles. The molecule has 2 heterocycles. The minimum atomic E-state index is -0.462. The Bertz CT molecular complexity index is 895. The number of amides is 1. The first-order chi connectivity index (χ1) is 12.2. The van der Waals surface area contributed by atoms with Crippen LogP contribution in [0.5, 0.6) is 0 Å². The molecule has 0 spiro atoms. The minimum absolute atomic E-state index is 0.185. The maximum atomic E-state index is 12.0. The van der Waals surface area contributed by atoms with Crippen LogP contribution in [0.25, 0.3) is 11.5 Å². The molecule has 8 nitrogen and oxygen atoms in total. The van der Waals surface area contributed by atoms with Gasteiger partial charge in [-0.2, -0.15) is 10.2 Å². The molecule has 0 aliphatic rings. The molecule has 25 heavy (non-hydrogen) atoms. The number of rotatable bonds is 5. The van der Waals surface area contributed by atoms with E-state index < -0.39 is 11.9 Å². The second-order valence-electron chi connectivity index (χ2n) is 4.96. The number of H-pyrrole nitrogens is 1.